The average molecular weight is 435 g/mol. The van der Waals surface area contributed by atoms with Crippen molar-refractivity contribution in [2.75, 3.05) is 33.5 Å². The number of aliphatic hydroxyl groups is 1. The number of nitrogens with one attached hydrogen (secondary N) is 2. The van der Waals surface area contributed by atoms with Crippen molar-refractivity contribution in [3.8, 4) is 0 Å². The van der Waals surface area contributed by atoms with Gasteiger partial charge in [-0.2, -0.15) is 0 Å². The monoisotopic (exact) mass is 435 g/mol. The van der Waals surface area contributed by atoms with Gasteiger partial charge in [-0.25, -0.2) is 9.18 Å². The quantitative estimate of drug-likeness (QED) is 0.342. The standard InChI is InChI=1S/C22H30FN3O5/c1-4-15(26-22(28)24-5-2)6-7-16(14-23)31-19-8-9-25-18-13-21(30-11-10-27)20(29-3)12-17(18)19/h6-9,12,18,27H,4-5,10-11,13-14H2,1-3H3,(H2,24,26,28)/b15-6+,16-7+. The molecule has 8 nitrogen and oxygen atoms in total. The van der Waals surface area contributed by atoms with Crippen molar-refractivity contribution in [2.45, 2.75) is 32.7 Å². The Morgan fingerprint density at radius 2 is 2.19 bits per heavy atom. The predicted octanol–water partition coefficient (Wildman–Crippen LogP) is 3.00. The molecule has 1 aliphatic heterocycles. The lowest BCUT2D eigenvalue weighted by molar-refractivity contribution is 0.122. The molecule has 0 saturated heterocycles. The smallest absolute Gasteiger partial charge is 0.318 e. The van der Waals surface area contributed by atoms with Gasteiger partial charge in [0.25, 0.3) is 0 Å². The van der Waals surface area contributed by atoms with Crippen molar-refractivity contribution in [1.29, 1.82) is 0 Å². The molecule has 0 aromatic heterocycles. The van der Waals surface area contributed by atoms with E-state index in [0.717, 1.165) is 5.57 Å². The molecule has 1 heterocycles. The van der Waals surface area contributed by atoms with Gasteiger partial charge in [-0.3, -0.25) is 4.99 Å². The third kappa shape index (κ3) is 6.99. The van der Waals surface area contributed by atoms with Crippen LogP contribution >= 0.6 is 0 Å². The van der Waals surface area contributed by atoms with Gasteiger partial charge in [0.15, 0.2) is 5.76 Å². The number of amides is 2. The van der Waals surface area contributed by atoms with Crippen molar-refractivity contribution in [2.24, 2.45) is 4.99 Å². The molecule has 9 heteroatoms. The van der Waals surface area contributed by atoms with Crippen LogP contribution in [0.15, 0.2) is 63.6 Å². The molecule has 170 valence electrons. The Morgan fingerprint density at radius 1 is 1.39 bits per heavy atom. The number of aliphatic hydroxyl groups excluding tert-OH is 1. The molecule has 2 aliphatic rings. The number of allylic oxidation sites excluding steroid dienone is 6. The van der Waals surface area contributed by atoms with Gasteiger partial charge in [0.2, 0.25) is 0 Å². The number of hydrogen-bond donors (Lipinski definition) is 3. The lowest BCUT2D eigenvalue weighted by Gasteiger charge is -2.28. The van der Waals surface area contributed by atoms with Gasteiger partial charge in [0.1, 0.15) is 30.6 Å². The molecule has 0 saturated carbocycles. The summed E-state index contributed by atoms with van der Waals surface area (Å²) in [5.41, 5.74) is 1.37. The second-order valence-corrected chi connectivity index (χ2v) is 6.61. The minimum absolute atomic E-state index is 0.0927. The van der Waals surface area contributed by atoms with E-state index in [1.807, 2.05) is 13.8 Å². The number of alkyl halides is 1. The zero-order valence-corrected chi connectivity index (χ0v) is 18.1. The first-order valence-corrected chi connectivity index (χ1v) is 10.2. The lowest BCUT2D eigenvalue weighted by atomic mass is 9.93. The summed E-state index contributed by atoms with van der Waals surface area (Å²) in [4.78, 5) is 16.1. The molecule has 3 N–H and O–H groups in total. The van der Waals surface area contributed by atoms with Gasteiger partial charge >= 0.3 is 6.03 Å². The number of halogens is 1. The molecule has 0 radical (unpaired) electrons. The van der Waals surface area contributed by atoms with Crippen LogP contribution in [0.4, 0.5) is 9.18 Å². The molecule has 0 bridgehead atoms. The van der Waals surface area contributed by atoms with Crippen LogP contribution < -0.4 is 10.6 Å². The van der Waals surface area contributed by atoms with Crippen LogP contribution in [0.2, 0.25) is 0 Å². The number of methoxy groups -OCH3 is 1. The Hall–Kier alpha value is -3.07. The number of rotatable bonds is 11. The van der Waals surface area contributed by atoms with Crippen molar-refractivity contribution in [3.05, 3.63) is 58.6 Å². The van der Waals surface area contributed by atoms with Gasteiger partial charge < -0.3 is 30.0 Å². The van der Waals surface area contributed by atoms with Gasteiger partial charge in [-0.05, 0) is 37.6 Å². The van der Waals surface area contributed by atoms with E-state index in [-0.39, 0.29) is 31.0 Å². The van der Waals surface area contributed by atoms with E-state index in [2.05, 4.69) is 15.6 Å². The molecule has 1 aliphatic carbocycles. The van der Waals surface area contributed by atoms with E-state index in [0.29, 0.717) is 42.4 Å². The van der Waals surface area contributed by atoms with Gasteiger partial charge in [-0.15, -0.1) is 0 Å². The number of fused-ring (bicyclic) bond motifs is 1. The molecule has 0 aromatic carbocycles. The minimum atomic E-state index is -0.821. The number of dihydropyridines is 1. The van der Waals surface area contributed by atoms with Gasteiger partial charge in [0, 0.05) is 30.5 Å². The predicted molar refractivity (Wildman–Crippen MR) is 116 cm³/mol. The van der Waals surface area contributed by atoms with Crippen LogP contribution in [0, 0.1) is 0 Å². The Balaban J connectivity index is 2.20. The molecule has 2 amide bonds. The van der Waals surface area contributed by atoms with E-state index >= 15 is 0 Å². The van der Waals surface area contributed by atoms with E-state index in [9.17, 15) is 9.18 Å². The van der Waals surface area contributed by atoms with Gasteiger partial charge in [0.05, 0.1) is 19.8 Å². The topological polar surface area (TPSA) is 101 Å². The zero-order valence-electron chi connectivity index (χ0n) is 18.1. The fourth-order valence-electron chi connectivity index (χ4n) is 2.99. The largest absolute Gasteiger partial charge is 0.493 e. The average Bonchev–Trinajstić information content (AvgIpc) is 2.78. The number of ether oxygens (including phenoxy) is 3. The Kier molecular flexibility index (Phi) is 9.83. The first-order chi connectivity index (χ1) is 15.1. The molecule has 31 heavy (non-hydrogen) atoms. The zero-order chi connectivity index (χ0) is 22.6. The Bertz CT molecular complexity index is 827. The number of carbonyl (C=O) groups is 1. The third-order valence-corrected chi connectivity index (χ3v) is 4.50. The van der Waals surface area contributed by atoms with E-state index in [1.54, 1.807) is 24.4 Å². The number of carbonyl (C=O) groups excluding carboxylic acids is 1. The van der Waals surface area contributed by atoms with Crippen LogP contribution in [0.5, 0.6) is 0 Å². The Morgan fingerprint density at radius 3 is 2.84 bits per heavy atom. The summed E-state index contributed by atoms with van der Waals surface area (Å²) < 4.78 is 30.4. The number of urea groups is 1. The highest BCUT2D eigenvalue weighted by atomic mass is 19.1. The van der Waals surface area contributed by atoms with Crippen molar-refractivity contribution >= 4 is 12.2 Å². The Labute approximate surface area is 181 Å². The highest BCUT2D eigenvalue weighted by Gasteiger charge is 2.29. The SMILES string of the molecule is CCNC(=O)N/C(=C/C=C(\CF)OC1=CC=NC2CC(OCCO)=C(OC)C=C12)CC. The summed E-state index contributed by atoms with van der Waals surface area (Å²) in [6.45, 7) is 3.45. The highest BCUT2D eigenvalue weighted by Crippen LogP contribution is 2.34. The summed E-state index contributed by atoms with van der Waals surface area (Å²) in [5.74, 6) is 1.66. The molecule has 1 atom stereocenters. The summed E-state index contributed by atoms with van der Waals surface area (Å²) in [7, 11) is 1.52. The van der Waals surface area contributed by atoms with Crippen molar-refractivity contribution in [1.82, 2.24) is 10.6 Å². The maximum Gasteiger partial charge on any atom is 0.318 e. The van der Waals surface area contributed by atoms with Crippen LogP contribution in [-0.4, -0.2) is 56.9 Å². The number of aliphatic imine (C=N–C) groups is 1. The summed E-state index contributed by atoms with van der Waals surface area (Å²) >= 11 is 0. The van der Waals surface area contributed by atoms with Crippen molar-refractivity contribution < 1.29 is 28.5 Å². The first kappa shape index (κ1) is 24.2. The molecular weight excluding hydrogens is 405 g/mol. The normalized spacial score (nSPS) is 18.7. The molecule has 2 rings (SSSR count). The molecule has 0 fully saturated rings. The number of hydrogen-bond acceptors (Lipinski definition) is 6. The third-order valence-electron chi connectivity index (χ3n) is 4.50. The fraction of sp³-hybridized carbons (Fsp3) is 0.455. The van der Waals surface area contributed by atoms with Crippen LogP contribution in [0.25, 0.3) is 0 Å². The summed E-state index contributed by atoms with van der Waals surface area (Å²) in [6.07, 6.45) is 9.15. The van der Waals surface area contributed by atoms with E-state index in [4.69, 9.17) is 19.3 Å². The second-order valence-electron chi connectivity index (χ2n) is 6.61. The minimum Gasteiger partial charge on any atom is -0.493 e. The lowest BCUT2D eigenvalue weighted by Crippen LogP contribution is -2.34. The summed E-state index contributed by atoms with van der Waals surface area (Å²) in [5, 5.41) is 14.4. The number of nitrogens with zero attached hydrogens (tertiary/aromatic N) is 1. The molecular formula is C22H30FN3O5. The van der Waals surface area contributed by atoms with Crippen LogP contribution in [0.1, 0.15) is 26.7 Å². The van der Waals surface area contributed by atoms with Crippen LogP contribution in [-0.2, 0) is 14.2 Å². The van der Waals surface area contributed by atoms with Crippen molar-refractivity contribution in [3.63, 3.8) is 0 Å². The van der Waals surface area contributed by atoms with E-state index < -0.39 is 6.67 Å². The van der Waals surface area contributed by atoms with E-state index in [1.165, 1.54) is 13.2 Å². The maximum absolute atomic E-state index is 13.6. The van der Waals surface area contributed by atoms with Crippen LogP contribution in [0.3, 0.4) is 0 Å². The first-order valence-electron chi connectivity index (χ1n) is 10.2. The maximum atomic E-state index is 13.6. The fourth-order valence-corrected chi connectivity index (χ4v) is 2.99. The molecule has 1 unspecified atom stereocenters. The molecule has 0 spiro atoms. The summed E-state index contributed by atoms with van der Waals surface area (Å²) in [6, 6.07) is -0.569. The molecule has 0 aromatic rings. The van der Waals surface area contributed by atoms with Gasteiger partial charge in [-0.1, -0.05) is 6.92 Å². The highest BCUT2D eigenvalue weighted by molar-refractivity contribution is 5.76. The second kappa shape index (κ2) is 12.6.